The third-order valence-electron chi connectivity index (χ3n) is 2.04. The van der Waals surface area contributed by atoms with Crippen molar-refractivity contribution >= 4 is 6.09 Å². The summed E-state index contributed by atoms with van der Waals surface area (Å²) in [5.41, 5.74) is 0. The third-order valence-corrected chi connectivity index (χ3v) is 2.04. The normalized spacial score (nSPS) is 12.2. The Morgan fingerprint density at radius 1 is 1.33 bits per heavy atom. The molecule has 0 saturated carbocycles. The number of hydrogen-bond acceptors (Lipinski definition) is 3. The van der Waals surface area contributed by atoms with Gasteiger partial charge in [0.05, 0.1) is 6.61 Å². The van der Waals surface area contributed by atoms with Gasteiger partial charge < -0.3 is 14.8 Å². The van der Waals surface area contributed by atoms with Crippen LogP contribution in [0.5, 0.6) is 0 Å². The smallest absolute Gasteiger partial charge is 0.407 e. The van der Waals surface area contributed by atoms with Crippen molar-refractivity contribution in [1.29, 1.82) is 0 Å². The molecule has 0 aromatic heterocycles. The summed E-state index contributed by atoms with van der Waals surface area (Å²) >= 11 is 0. The van der Waals surface area contributed by atoms with Crippen LogP contribution >= 0.6 is 0 Å². The van der Waals surface area contributed by atoms with E-state index in [9.17, 15) is 4.79 Å². The van der Waals surface area contributed by atoms with E-state index in [4.69, 9.17) is 9.47 Å². The maximum atomic E-state index is 11.1. The minimum Gasteiger partial charge on any atom is -0.447 e. The van der Waals surface area contributed by atoms with E-state index in [2.05, 4.69) is 12.2 Å². The second kappa shape index (κ2) is 9.77. The maximum absolute atomic E-state index is 11.1. The Morgan fingerprint density at radius 3 is 2.67 bits per heavy atom. The molecular weight excluding hydrogens is 194 g/mol. The van der Waals surface area contributed by atoms with Gasteiger partial charge in [-0.2, -0.15) is 0 Å². The van der Waals surface area contributed by atoms with E-state index < -0.39 is 0 Å². The van der Waals surface area contributed by atoms with Gasteiger partial charge in [0, 0.05) is 13.2 Å². The quantitative estimate of drug-likeness (QED) is 0.635. The molecule has 0 bridgehead atoms. The van der Waals surface area contributed by atoms with E-state index in [-0.39, 0.29) is 12.2 Å². The molecule has 1 atom stereocenters. The number of nitrogens with one attached hydrogen (secondary N) is 1. The molecule has 0 aromatic carbocycles. The Bertz CT molecular complexity index is 162. The minimum atomic E-state index is -0.358. The first-order valence-corrected chi connectivity index (χ1v) is 5.72. The lowest BCUT2D eigenvalue weighted by Gasteiger charge is -2.11. The Hall–Kier alpha value is -0.770. The molecule has 4 nitrogen and oxygen atoms in total. The van der Waals surface area contributed by atoms with Crippen molar-refractivity contribution in [2.24, 2.45) is 0 Å². The van der Waals surface area contributed by atoms with Crippen LogP contribution in [0.3, 0.4) is 0 Å². The Balaban J connectivity index is 3.24. The molecule has 0 aliphatic heterocycles. The molecule has 0 fully saturated rings. The molecule has 1 amide bonds. The molecule has 1 unspecified atom stereocenters. The number of carbonyl (C=O) groups excluding carboxylic acids is 1. The second-order valence-corrected chi connectivity index (χ2v) is 3.52. The van der Waals surface area contributed by atoms with Crippen LogP contribution in [0.4, 0.5) is 4.79 Å². The fraction of sp³-hybridized carbons (Fsp3) is 0.909. The Kier molecular flexibility index (Phi) is 9.27. The lowest BCUT2D eigenvalue weighted by molar-refractivity contribution is 0.0960. The highest BCUT2D eigenvalue weighted by atomic mass is 16.6. The van der Waals surface area contributed by atoms with E-state index >= 15 is 0 Å². The van der Waals surface area contributed by atoms with Crippen LogP contribution in [0, 0.1) is 0 Å². The molecule has 0 aliphatic carbocycles. The van der Waals surface area contributed by atoms with Crippen LogP contribution in [0.1, 0.15) is 40.0 Å². The van der Waals surface area contributed by atoms with Gasteiger partial charge in [0.2, 0.25) is 0 Å². The zero-order chi connectivity index (χ0) is 11.5. The van der Waals surface area contributed by atoms with Gasteiger partial charge in [-0.25, -0.2) is 4.79 Å². The zero-order valence-electron chi connectivity index (χ0n) is 10.0. The number of ether oxygens (including phenoxy) is 2. The van der Waals surface area contributed by atoms with Crippen molar-refractivity contribution in [3.05, 3.63) is 0 Å². The van der Waals surface area contributed by atoms with Gasteiger partial charge in [0.1, 0.15) is 6.10 Å². The number of alkyl carbamates (subject to hydrolysis) is 1. The molecule has 0 saturated heterocycles. The van der Waals surface area contributed by atoms with Crippen molar-refractivity contribution in [2.45, 2.75) is 46.1 Å². The first kappa shape index (κ1) is 14.2. The van der Waals surface area contributed by atoms with Gasteiger partial charge in [0.15, 0.2) is 0 Å². The molecule has 0 aliphatic rings. The Morgan fingerprint density at radius 2 is 2.07 bits per heavy atom. The highest BCUT2D eigenvalue weighted by Crippen LogP contribution is 1.95. The molecule has 0 radical (unpaired) electrons. The number of carbonyl (C=O) groups is 1. The molecule has 4 heteroatoms. The average molecular weight is 217 g/mol. The molecule has 15 heavy (non-hydrogen) atoms. The largest absolute Gasteiger partial charge is 0.447 e. The lowest BCUT2D eigenvalue weighted by atomic mass is 10.3. The zero-order valence-corrected chi connectivity index (χ0v) is 10.0. The van der Waals surface area contributed by atoms with E-state index in [1.54, 1.807) is 0 Å². The summed E-state index contributed by atoms with van der Waals surface area (Å²) < 4.78 is 10.3. The Labute approximate surface area is 92.3 Å². The monoisotopic (exact) mass is 217 g/mol. The third kappa shape index (κ3) is 9.53. The van der Waals surface area contributed by atoms with Crippen LogP contribution in [0.25, 0.3) is 0 Å². The fourth-order valence-electron chi connectivity index (χ4n) is 0.881. The highest BCUT2D eigenvalue weighted by Gasteiger charge is 2.05. The topological polar surface area (TPSA) is 47.6 Å². The van der Waals surface area contributed by atoms with Gasteiger partial charge in [-0.1, -0.05) is 20.3 Å². The second-order valence-electron chi connectivity index (χ2n) is 3.52. The number of amides is 1. The number of hydrogen-bond donors (Lipinski definition) is 1. The van der Waals surface area contributed by atoms with Gasteiger partial charge in [0.25, 0.3) is 0 Å². The van der Waals surface area contributed by atoms with Crippen molar-refractivity contribution in [2.75, 3.05) is 19.8 Å². The average Bonchev–Trinajstić information content (AvgIpc) is 2.23. The maximum Gasteiger partial charge on any atom is 0.407 e. The summed E-state index contributed by atoms with van der Waals surface area (Å²) in [5.74, 6) is 0. The van der Waals surface area contributed by atoms with E-state index in [0.717, 1.165) is 25.9 Å². The molecule has 90 valence electrons. The van der Waals surface area contributed by atoms with Crippen molar-refractivity contribution in [3.63, 3.8) is 0 Å². The molecule has 0 spiro atoms. The van der Waals surface area contributed by atoms with Crippen molar-refractivity contribution in [1.82, 2.24) is 5.32 Å². The summed E-state index contributed by atoms with van der Waals surface area (Å²) in [5, 5.41) is 2.64. The van der Waals surface area contributed by atoms with Crippen molar-refractivity contribution in [3.8, 4) is 0 Å². The summed E-state index contributed by atoms with van der Waals surface area (Å²) in [6, 6.07) is 0. The lowest BCUT2D eigenvalue weighted by Crippen LogP contribution is -2.30. The standard InChI is InChI=1S/C11H23NO3/c1-4-6-8-14-9-7-12-11(13)15-10(3)5-2/h10H,4-9H2,1-3H3,(H,12,13). The summed E-state index contributed by atoms with van der Waals surface area (Å²) in [4.78, 5) is 11.1. The van der Waals surface area contributed by atoms with Crippen LogP contribution < -0.4 is 5.32 Å². The molecular formula is C11H23NO3. The number of unbranched alkanes of at least 4 members (excludes halogenated alkanes) is 1. The summed E-state index contributed by atoms with van der Waals surface area (Å²) in [6.07, 6.45) is 2.65. The minimum absolute atomic E-state index is 0.0222. The van der Waals surface area contributed by atoms with Gasteiger partial charge in [-0.05, 0) is 19.8 Å². The van der Waals surface area contributed by atoms with Crippen LogP contribution in [-0.4, -0.2) is 32.0 Å². The first-order chi connectivity index (χ1) is 7.20. The highest BCUT2D eigenvalue weighted by molar-refractivity contribution is 5.67. The van der Waals surface area contributed by atoms with Crippen LogP contribution in [0.2, 0.25) is 0 Å². The number of rotatable bonds is 8. The van der Waals surface area contributed by atoms with E-state index in [0.29, 0.717) is 13.2 Å². The van der Waals surface area contributed by atoms with Gasteiger partial charge >= 0.3 is 6.09 Å². The van der Waals surface area contributed by atoms with Crippen LogP contribution in [-0.2, 0) is 9.47 Å². The SMILES string of the molecule is CCCCOCCNC(=O)OC(C)CC. The van der Waals surface area contributed by atoms with Crippen molar-refractivity contribution < 1.29 is 14.3 Å². The van der Waals surface area contributed by atoms with Crippen LogP contribution in [0.15, 0.2) is 0 Å². The summed E-state index contributed by atoms with van der Waals surface area (Å²) in [6.45, 7) is 7.79. The molecule has 0 heterocycles. The van der Waals surface area contributed by atoms with E-state index in [1.165, 1.54) is 0 Å². The predicted octanol–water partition coefficient (Wildman–Crippen LogP) is 2.33. The van der Waals surface area contributed by atoms with E-state index in [1.807, 2.05) is 13.8 Å². The predicted molar refractivity (Wildman–Crippen MR) is 60.0 cm³/mol. The summed E-state index contributed by atoms with van der Waals surface area (Å²) in [7, 11) is 0. The molecule has 1 N–H and O–H groups in total. The molecule has 0 aromatic rings. The van der Waals surface area contributed by atoms with Gasteiger partial charge in [-0.15, -0.1) is 0 Å². The van der Waals surface area contributed by atoms with Gasteiger partial charge in [-0.3, -0.25) is 0 Å². The fourth-order valence-corrected chi connectivity index (χ4v) is 0.881. The molecule has 0 rings (SSSR count). The first-order valence-electron chi connectivity index (χ1n) is 5.72.